The van der Waals surface area contributed by atoms with Gasteiger partial charge in [-0.05, 0) is 36.8 Å². The highest BCUT2D eigenvalue weighted by Crippen LogP contribution is 2.36. The zero-order valence-corrected chi connectivity index (χ0v) is 16.3. The minimum absolute atomic E-state index is 0.0999. The van der Waals surface area contributed by atoms with Crippen molar-refractivity contribution in [2.45, 2.75) is 19.3 Å². The molecule has 1 saturated heterocycles. The molecular weight excluding hydrogens is 377 g/mol. The van der Waals surface area contributed by atoms with Crippen LogP contribution in [0.4, 0.5) is 10.1 Å². The van der Waals surface area contributed by atoms with Crippen molar-refractivity contribution in [3.8, 4) is 23.0 Å². The van der Waals surface area contributed by atoms with Crippen LogP contribution in [0.2, 0.25) is 0 Å². The normalized spacial score (nSPS) is 16.3. The average molecular weight is 397 g/mol. The van der Waals surface area contributed by atoms with E-state index in [1.165, 1.54) is 12.1 Å². The van der Waals surface area contributed by atoms with Gasteiger partial charge < -0.3 is 18.9 Å². The lowest BCUT2D eigenvalue weighted by molar-refractivity contribution is -0.117. The summed E-state index contributed by atoms with van der Waals surface area (Å²) in [6.45, 7) is 2.21. The van der Waals surface area contributed by atoms with E-state index < -0.39 is 0 Å². The first kappa shape index (κ1) is 18.9. The average Bonchev–Trinajstić information content (AvgIpc) is 3.36. The molecule has 1 aliphatic heterocycles. The van der Waals surface area contributed by atoms with Crippen LogP contribution in [0.3, 0.4) is 0 Å². The van der Waals surface area contributed by atoms with Crippen molar-refractivity contribution in [2.75, 3.05) is 25.7 Å². The molecule has 0 spiro atoms. The van der Waals surface area contributed by atoms with E-state index in [0.29, 0.717) is 41.0 Å². The van der Waals surface area contributed by atoms with Gasteiger partial charge in [-0.15, -0.1) is 0 Å². The Hall–Kier alpha value is -3.42. The van der Waals surface area contributed by atoms with Gasteiger partial charge in [-0.2, -0.15) is 4.98 Å². The summed E-state index contributed by atoms with van der Waals surface area (Å²) in [5.74, 6) is 1.20. The topological polar surface area (TPSA) is 77.7 Å². The second-order valence-electron chi connectivity index (χ2n) is 6.86. The van der Waals surface area contributed by atoms with Gasteiger partial charge in [-0.25, -0.2) is 4.39 Å². The highest BCUT2D eigenvalue weighted by Gasteiger charge is 2.35. The molecule has 1 aliphatic rings. The number of hydrogen-bond acceptors (Lipinski definition) is 6. The van der Waals surface area contributed by atoms with E-state index in [1.54, 1.807) is 43.4 Å². The summed E-state index contributed by atoms with van der Waals surface area (Å²) in [5.41, 5.74) is 2.03. The van der Waals surface area contributed by atoms with Crippen molar-refractivity contribution in [3.05, 3.63) is 53.6 Å². The number of halogens is 1. The largest absolute Gasteiger partial charge is 0.497 e. The number of hydrogen-bond donors (Lipinski definition) is 0. The van der Waals surface area contributed by atoms with Crippen LogP contribution in [0, 0.1) is 12.7 Å². The maximum Gasteiger partial charge on any atom is 0.261 e. The number of methoxy groups -OCH3 is 2. The Morgan fingerprint density at radius 2 is 2.00 bits per heavy atom. The molecule has 0 saturated carbocycles. The molecule has 1 unspecified atom stereocenters. The van der Waals surface area contributed by atoms with E-state index in [4.69, 9.17) is 14.0 Å². The Bertz CT molecular complexity index is 1070. The molecule has 1 amide bonds. The summed E-state index contributed by atoms with van der Waals surface area (Å²) >= 11 is 0. The highest BCUT2D eigenvalue weighted by atomic mass is 19.1. The van der Waals surface area contributed by atoms with Crippen LogP contribution in [0.25, 0.3) is 11.5 Å². The quantitative estimate of drug-likeness (QED) is 0.653. The summed E-state index contributed by atoms with van der Waals surface area (Å²) < 4.78 is 29.7. The summed E-state index contributed by atoms with van der Waals surface area (Å²) in [7, 11) is 3.12. The molecule has 7 nitrogen and oxygen atoms in total. The molecular formula is C21H20FN3O4. The second-order valence-corrected chi connectivity index (χ2v) is 6.86. The van der Waals surface area contributed by atoms with Crippen molar-refractivity contribution in [2.24, 2.45) is 0 Å². The molecule has 0 radical (unpaired) electrons. The van der Waals surface area contributed by atoms with E-state index in [2.05, 4.69) is 10.1 Å². The van der Waals surface area contributed by atoms with Crippen LogP contribution < -0.4 is 14.4 Å². The van der Waals surface area contributed by atoms with Gasteiger partial charge in [0.05, 0.1) is 19.8 Å². The number of ether oxygens (including phenoxy) is 2. The van der Waals surface area contributed by atoms with Crippen LogP contribution in [0.15, 0.2) is 40.9 Å². The van der Waals surface area contributed by atoms with Crippen molar-refractivity contribution >= 4 is 11.6 Å². The fraction of sp³-hybridized carbons (Fsp3) is 0.286. The summed E-state index contributed by atoms with van der Waals surface area (Å²) in [6.07, 6.45) is 0.231. The van der Waals surface area contributed by atoms with Crippen LogP contribution in [0.1, 0.15) is 23.7 Å². The number of carbonyl (C=O) groups is 1. The molecule has 150 valence electrons. The number of aryl methyl sites for hydroxylation is 1. The van der Waals surface area contributed by atoms with E-state index in [-0.39, 0.29) is 24.1 Å². The molecule has 0 bridgehead atoms. The molecule has 1 atom stereocenters. The first-order valence-corrected chi connectivity index (χ1v) is 9.12. The van der Waals surface area contributed by atoms with Gasteiger partial charge in [0.25, 0.3) is 5.89 Å². The van der Waals surface area contributed by atoms with E-state index in [1.807, 2.05) is 6.92 Å². The van der Waals surface area contributed by atoms with Crippen LogP contribution >= 0.6 is 0 Å². The number of benzene rings is 2. The van der Waals surface area contributed by atoms with Crippen LogP contribution in [-0.2, 0) is 4.79 Å². The van der Waals surface area contributed by atoms with Gasteiger partial charge >= 0.3 is 0 Å². The van der Waals surface area contributed by atoms with E-state index in [0.717, 1.165) is 5.56 Å². The lowest BCUT2D eigenvalue weighted by atomic mass is 10.1. The Kier molecular flexibility index (Phi) is 4.92. The van der Waals surface area contributed by atoms with E-state index >= 15 is 0 Å². The predicted octanol–water partition coefficient (Wildman–Crippen LogP) is 3.72. The van der Waals surface area contributed by atoms with Gasteiger partial charge in [0, 0.05) is 30.6 Å². The maximum absolute atomic E-state index is 13.7. The van der Waals surface area contributed by atoms with E-state index in [9.17, 15) is 9.18 Å². The van der Waals surface area contributed by atoms with Crippen molar-refractivity contribution in [3.63, 3.8) is 0 Å². The van der Waals surface area contributed by atoms with Crippen molar-refractivity contribution < 1.29 is 23.2 Å². The minimum atomic E-state index is -0.379. The standard InChI is InChI=1S/C21H20FN3O4/c1-12-4-5-14(22)9-17(12)25-11-13(8-19(25)26)20-23-21(29-24-20)16-7-6-15(27-2)10-18(16)28-3/h4-7,9-10,13H,8,11H2,1-3H3. The zero-order valence-electron chi connectivity index (χ0n) is 16.3. The summed E-state index contributed by atoms with van der Waals surface area (Å²) in [4.78, 5) is 18.6. The highest BCUT2D eigenvalue weighted by molar-refractivity contribution is 5.97. The molecule has 3 aromatic rings. The molecule has 1 fully saturated rings. The molecule has 2 heterocycles. The summed E-state index contributed by atoms with van der Waals surface area (Å²) in [6, 6.07) is 9.69. The third kappa shape index (κ3) is 3.53. The Labute approximate surface area is 167 Å². The van der Waals surface area contributed by atoms with Gasteiger partial charge in [-0.3, -0.25) is 4.79 Å². The lowest BCUT2D eigenvalue weighted by Crippen LogP contribution is -2.25. The monoisotopic (exact) mass is 397 g/mol. The van der Waals surface area contributed by atoms with Crippen molar-refractivity contribution in [1.29, 1.82) is 0 Å². The van der Waals surface area contributed by atoms with Crippen LogP contribution in [-0.4, -0.2) is 36.8 Å². The number of nitrogens with zero attached hydrogens (tertiary/aromatic N) is 3. The number of amides is 1. The minimum Gasteiger partial charge on any atom is -0.497 e. The number of anilines is 1. The number of carbonyl (C=O) groups excluding carboxylic acids is 1. The number of aromatic nitrogens is 2. The first-order valence-electron chi connectivity index (χ1n) is 9.12. The van der Waals surface area contributed by atoms with Gasteiger partial charge in [0.1, 0.15) is 17.3 Å². The third-order valence-corrected chi connectivity index (χ3v) is 5.03. The zero-order chi connectivity index (χ0) is 20.5. The Morgan fingerprint density at radius 3 is 2.76 bits per heavy atom. The molecule has 1 aromatic heterocycles. The van der Waals surface area contributed by atoms with Gasteiger partial charge in [-0.1, -0.05) is 11.2 Å². The first-order chi connectivity index (χ1) is 14.0. The number of rotatable bonds is 5. The lowest BCUT2D eigenvalue weighted by Gasteiger charge is -2.18. The van der Waals surface area contributed by atoms with Gasteiger partial charge in [0.15, 0.2) is 5.82 Å². The van der Waals surface area contributed by atoms with Crippen molar-refractivity contribution in [1.82, 2.24) is 10.1 Å². The smallest absolute Gasteiger partial charge is 0.261 e. The van der Waals surface area contributed by atoms with Gasteiger partial charge in [0.2, 0.25) is 5.91 Å². The molecule has 4 rings (SSSR count). The fourth-order valence-electron chi connectivity index (χ4n) is 3.47. The molecule has 29 heavy (non-hydrogen) atoms. The summed E-state index contributed by atoms with van der Waals surface area (Å²) in [5, 5.41) is 4.07. The molecule has 8 heteroatoms. The molecule has 0 aliphatic carbocycles. The molecule has 0 N–H and O–H groups in total. The Morgan fingerprint density at radius 1 is 1.17 bits per heavy atom. The predicted molar refractivity (Wildman–Crippen MR) is 104 cm³/mol. The maximum atomic E-state index is 13.7. The fourth-order valence-corrected chi connectivity index (χ4v) is 3.47. The SMILES string of the molecule is COc1ccc(-c2nc(C3CC(=O)N(c4cc(F)ccc4C)C3)no2)c(OC)c1. The van der Waals surface area contributed by atoms with Crippen LogP contribution in [0.5, 0.6) is 11.5 Å². The molecule has 2 aromatic carbocycles. The third-order valence-electron chi connectivity index (χ3n) is 5.03. The second kappa shape index (κ2) is 7.54. The Balaban J connectivity index is 1.59.